The second kappa shape index (κ2) is 11.5. The summed E-state index contributed by atoms with van der Waals surface area (Å²) in [6.07, 6.45) is 0. The van der Waals surface area contributed by atoms with Crippen LogP contribution in [0.5, 0.6) is 11.5 Å². The molecule has 6 rings (SSSR count). The third kappa shape index (κ3) is 4.88. The van der Waals surface area contributed by atoms with Crippen molar-refractivity contribution in [2.75, 3.05) is 13.2 Å². The van der Waals surface area contributed by atoms with Gasteiger partial charge in [-0.2, -0.15) is 0 Å². The monoisotopic (exact) mass is 623 g/mol. The Morgan fingerprint density at radius 2 is 1.62 bits per heavy atom. The van der Waals surface area contributed by atoms with Gasteiger partial charge in [0.15, 0.2) is 17.3 Å². The number of esters is 1. The van der Waals surface area contributed by atoms with Crippen molar-refractivity contribution in [2.24, 2.45) is 0 Å². The van der Waals surface area contributed by atoms with Crippen molar-refractivity contribution in [3.8, 4) is 11.5 Å². The molecule has 4 aromatic rings. The molecule has 0 unspecified atom stereocenters. The summed E-state index contributed by atoms with van der Waals surface area (Å²) < 4.78 is 18.5. The van der Waals surface area contributed by atoms with E-state index in [9.17, 15) is 9.59 Å². The zero-order valence-electron chi connectivity index (χ0n) is 23.6. The first-order chi connectivity index (χ1) is 20.4. The molecule has 0 amide bonds. The van der Waals surface area contributed by atoms with E-state index in [1.165, 1.54) is 5.39 Å². The highest BCUT2D eigenvalue weighted by molar-refractivity contribution is 9.10. The normalized spacial score (nSPS) is 15.8. The van der Waals surface area contributed by atoms with Gasteiger partial charge in [-0.1, -0.05) is 60.7 Å². The summed E-state index contributed by atoms with van der Waals surface area (Å²) in [6, 6.07) is 25.7. The van der Waals surface area contributed by atoms with Gasteiger partial charge in [-0.25, -0.2) is 4.79 Å². The summed E-state index contributed by atoms with van der Waals surface area (Å²) in [6.45, 7) is 6.49. The average molecular weight is 625 g/mol. The molecule has 4 aromatic carbocycles. The number of nitrogens with one attached hydrogen (secondary N) is 1. The van der Waals surface area contributed by atoms with Gasteiger partial charge in [0.05, 0.1) is 29.0 Å². The summed E-state index contributed by atoms with van der Waals surface area (Å²) in [5, 5.41) is 5.65. The summed E-state index contributed by atoms with van der Waals surface area (Å²) in [5.74, 6) is -0.166. The summed E-state index contributed by atoms with van der Waals surface area (Å²) >= 11 is 3.71. The van der Waals surface area contributed by atoms with E-state index in [0.29, 0.717) is 51.6 Å². The Morgan fingerprint density at radius 1 is 0.881 bits per heavy atom. The lowest BCUT2D eigenvalue weighted by molar-refractivity contribution is -0.138. The van der Waals surface area contributed by atoms with Gasteiger partial charge in [0.25, 0.3) is 0 Å². The van der Waals surface area contributed by atoms with Crippen LogP contribution in [0.2, 0.25) is 0 Å². The number of ketones is 1. The van der Waals surface area contributed by atoms with Crippen LogP contribution in [0.15, 0.2) is 100 Å². The number of Topliss-reactive ketones (excluding diaryl/α,β-unsaturated/α-hetero) is 1. The number of dihydropyridines is 1. The highest BCUT2D eigenvalue weighted by Gasteiger charge is 2.43. The molecule has 1 N–H and O–H groups in total. The van der Waals surface area contributed by atoms with Gasteiger partial charge in [0, 0.05) is 28.3 Å². The minimum absolute atomic E-state index is 0.113. The average Bonchev–Trinajstić information content (AvgIpc) is 3.27. The lowest BCUT2D eigenvalue weighted by atomic mass is 9.79. The maximum absolute atomic E-state index is 13.8. The molecule has 0 fully saturated rings. The van der Waals surface area contributed by atoms with E-state index < -0.39 is 11.9 Å². The van der Waals surface area contributed by atoms with Crippen LogP contribution in [0.25, 0.3) is 16.5 Å². The Kier molecular flexibility index (Phi) is 7.60. The maximum Gasteiger partial charge on any atom is 0.336 e. The molecule has 42 heavy (non-hydrogen) atoms. The lowest BCUT2D eigenvalue weighted by Crippen LogP contribution is -2.29. The number of halogens is 1. The van der Waals surface area contributed by atoms with Gasteiger partial charge >= 0.3 is 5.97 Å². The molecule has 0 spiro atoms. The molecule has 0 saturated heterocycles. The van der Waals surface area contributed by atoms with Crippen LogP contribution in [0.3, 0.4) is 0 Å². The minimum Gasteiger partial charge on any atom is -0.490 e. The molecule has 2 aliphatic rings. The largest absolute Gasteiger partial charge is 0.490 e. The Morgan fingerprint density at radius 3 is 2.38 bits per heavy atom. The third-order valence-electron chi connectivity index (χ3n) is 7.61. The van der Waals surface area contributed by atoms with Crippen LogP contribution in [0.1, 0.15) is 53.7 Å². The number of hydrogen-bond acceptors (Lipinski definition) is 6. The van der Waals surface area contributed by atoms with Crippen molar-refractivity contribution in [1.82, 2.24) is 5.32 Å². The molecule has 0 radical (unpaired) electrons. The van der Waals surface area contributed by atoms with Crippen molar-refractivity contribution < 1.29 is 23.8 Å². The van der Waals surface area contributed by atoms with Crippen LogP contribution in [-0.4, -0.2) is 25.0 Å². The predicted molar refractivity (Wildman–Crippen MR) is 166 cm³/mol. The molecule has 1 atom stereocenters. The van der Waals surface area contributed by atoms with Crippen molar-refractivity contribution >= 4 is 44.2 Å². The molecule has 1 heterocycles. The smallest absolute Gasteiger partial charge is 0.336 e. The van der Waals surface area contributed by atoms with Crippen LogP contribution < -0.4 is 14.8 Å². The first-order valence-corrected chi connectivity index (χ1v) is 14.8. The fourth-order valence-corrected chi connectivity index (χ4v) is 6.36. The van der Waals surface area contributed by atoms with Gasteiger partial charge in [-0.05, 0) is 76.8 Å². The molecular formula is C35H30BrNO5. The molecule has 1 aliphatic carbocycles. The van der Waals surface area contributed by atoms with Crippen molar-refractivity contribution in [1.29, 1.82) is 0 Å². The zero-order valence-corrected chi connectivity index (χ0v) is 25.2. The Bertz CT molecular complexity index is 1800. The molecule has 7 heteroatoms. The molecule has 6 nitrogen and oxygen atoms in total. The van der Waals surface area contributed by atoms with Gasteiger partial charge < -0.3 is 19.5 Å². The van der Waals surface area contributed by atoms with E-state index in [4.69, 9.17) is 14.2 Å². The number of allylic oxidation sites excluding steroid dienone is 2. The highest BCUT2D eigenvalue weighted by Crippen LogP contribution is 2.49. The fraction of sp³-hybridized carbons (Fsp3) is 0.200. The quantitative estimate of drug-likeness (QED) is 0.203. The van der Waals surface area contributed by atoms with Gasteiger partial charge in [-0.15, -0.1) is 0 Å². The van der Waals surface area contributed by atoms with E-state index in [1.807, 2.05) is 62.4 Å². The number of carbonyl (C=O) groups is 2. The lowest BCUT2D eigenvalue weighted by Gasteiger charge is -2.30. The molecule has 212 valence electrons. The van der Waals surface area contributed by atoms with Crippen LogP contribution >= 0.6 is 15.9 Å². The molecule has 0 aromatic heterocycles. The molecule has 1 aliphatic heterocycles. The number of rotatable bonds is 8. The van der Waals surface area contributed by atoms with E-state index in [1.54, 1.807) is 6.92 Å². The Hall–Kier alpha value is -4.36. The van der Waals surface area contributed by atoms with Crippen molar-refractivity contribution in [3.63, 3.8) is 0 Å². The molecule has 0 bridgehead atoms. The van der Waals surface area contributed by atoms with E-state index in [0.717, 1.165) is 27.8 Å². The number of carbonyl (C=O) groups excluding carboxylic acids is 2. The first kappa shape index (κ1) is 27.8. The number of benzene rings is 4. The van der Waals surface area contributed by atoms with Crippen LogP contribution in [0.4, 0.5) is 0 Å². The molecule has 0 saturated carbocycles. The minimum atomic E-state index is -0.662. The predicted octanol–water partition coefficient (Wildman–Crippen LogP) is 7.71. The maximum atomic E-state index is 13.8. The summed E-state index contributed by atoms with van der Waals surface area (Å²) in [4.78, 5) is 27.2. The van der Waals surface area contributed by atoms with Gasteiger partial charge in [0.1, 0.15) is 6.61 Å². The van der Waals surface area contributed by atoms with E-state index in [2.05, 4.69) is 51.6 Å². The standard InChI is InChI=1S/C35H30BrNO5/c1-4-40-28-18-24(17-27(36)34(28)42-19-21-14-15-22-10-6-7-11-23(22)16-21)30-29(35(39)41-5-2)20(3)37-32-25-12-8-9-13-26(25)33(38)31(30)32/h6-18,30,37H,4-5,19H2,1-3H3/t30-/m1/s1. The summed E-state index contributed by atoms with van der Waals surface area (Å²) in [5.41, 5.74) is 5.46. The molecular weight excluding hydrogens is 594 g/mol. The van der Waals surface area contributed by atoms with Crippen LogP contribution in [-0.2, 0) is 16.1 Å². The Balaban J connectivity index is 1.42. The van der Waals surface area contributed by atoms with E-state index in [-0.39, 0.29) is 12.4 Å². The SMILES string of the molecule is CCOC(=O)C1=C(C)NC2=C(C(=O)c3ccccc32)[C@@H]1c1cc(Br)c(OCc2ccc3ccccc3c2)c(OCC)c1. The van der Waals surface area contributed by atoms with Gasteiger partial charge in [0.2, 0.25) is 0 Å². The number of fused-ring (bicyclic) bond motifs is 3. The first-order valence-electron chi connectivity index (χ1n) is 14.0. The van der Waals surface area contributed by atoms with Crippen molar-refractivity contribution in [3.05, 3.63) is 122 Å². The Labute approximate surface area is 253 Å². The topological polar surface area (TPSA) is 73.9 Å². The highest BCUT2D eigenvalue weighted by atomic mass is 79.9. The van der Waals surface area contributed by atoms with Crippen molar-refractivity contribution in [2.45, 2.75) is 33.3 Å². The summed E-state index contributed by atoms with van der Waals surface area (Å²) in [7, 11) is 0. The number of hydrogen-bond donors (Lipinski definition) is 1. The number of ether oxygens (including phenoxy) is 3. The van der Waals surface area contributed by atoms with Gasteiger partial charge in [-0.3, -0.25) is 4.79 Å². The van der Waals surface area contributed by atoms with E-state index >= 15 is 0 Å². The second-order valence-corrected chi connectivity index (χ2v) is 11.1. The van der Waals surface area contributed by atoms with Crippen LogP contribution in [0, 0.1) is 0 Å². The second-order valence-electron chi connectivity index (χ2n) is 10.2. The zero-order chi connectivity index (χ0) is 29.4. The fourth-order valence-electron chi connectivity index (χ4n) is 5.78. The third-order valence-corrected chi connectivity index (χ3v) is 8.20.